The summed E-state index contributed by atoms with van der Waals surface area (Å²) in [6.07, 6.45) is 0. The fourth-order valence-electron chi connectivity index (χ4n) is 1.38. The van der Waals surface area contributed by atoms with Gasteiger partial charge >= 0.3 is 5.97 Å². The van der Waals surface area contributed by atoms with Crippen LogP contribution in [-0.2, 0) is 14.4 Å². The number of nitrogens with two attached hydrogens (primary N) is 1. The van der Waals surface area contributed by atoms with Gasteiger partial charge in [-0.2, -0.15) is 0 Å². The third kappa shape index (κ3) is 5.43. The summed E-state index contributed by atoms with van der Waals surface area (Å²) in [6, 6.07) is 7.29. The molecule has 6 nitrogen and oxygen atoms in total. The lowest BCUT2D eigenvalue weighted by atomic mass is 10.1. The molecule has 0 aliphatic rings. The molecule has 1 aromatic carbocycles. The highest BCUT2D eigenvalue weighted by Crippen LogP contribution is 2.13. The Morgan fingerprint density at radius 2 is 1.84 bits per heavy atom. The van der Waals surface area contributed by atoms with Crippen molar-refractivity contribution in [3.63, 3.8) is 0 Å². The van der Waals surface area contributed by atoms with Crippen LogP contribution in [0.25, 0.3) is 0 Å². The van der Waals surface area contributed by atoms with Crippen molar-refractivity contribution < 1.29 is 19.5 Å². The van der Waals surface area contributed by atoms with E-state index in [1.165, 1.54) is 0 Å². The number of hydrogen-bond donors (Lipinski definition) is 3. The fraction of sp³-hybridized carbons (Fsp3) is 0.250. The Balaban J connectivity index is 2.57. The molecular formula is C12H14N2O4S. The van der Waals surface area contributed by atoms with Crippen molar-refractivity contribution in [2.24, 2.45) is 5.73 Å². The molecule has 0 saturated heterocycles. The number of nitrogens with one attached hydrogen (secondary N) is 1. The summed E-state index contributed by atoms with van der Waals surface area (Å²) in [4.78, 5) is 33.2. The lowest BCUT2D eigenvalue weighted by Crippen LogP contribution is -2.35. The molecule has 0 aliphatic carbocycles. The lowest BCUT2D eigenvalue weighted by Gasteiger charge is -2.14. The molecule has 4 N–H and O–H groups in total. The monoisotopic (exact) mass is 282 g/mol. The molecule has 0 saturated carbocycles. The number of carboxylic acid groups (broad SMARTS) is 1. The summed E-state index contributed by atoms with van der Waals surface area (Å²) in [5.74, 6) is -2.10. The van der Waals surface area contributed by atoms with E-state index in [1.54, 1.807) is 30.3 Å². The normalized spacial score (nSPS) is 11.6. The molecule has 0 bridgehead atoms. The van der Waals surface area contributed by atoms with Crippen LogP contribution >= 0.6 is 11.8 Å². The Hall–Kier alpha value is -2.02. The summed E-state index contributed by atoms with van der Waals surface area (Å²) >= 11 is 1.04. The first-order valence-corrected chi connectivity index (χ1v) is 6.59. The van der Waals surface area contributed by atoms with Crippen molar-refractivity contribution in [2.75, 3.05) is 11.5 Å². The van der Waals surface area contributed by atoms with E-state index in [2.05, 4.69) is 5.32 Å². The second kappa shape index (κ2) is 7.42. The third-order valence-electron chi connectivity index (χ3n) is 2.16. The zero-order chi connectivity index (χ0) is 14.3. The number of benzene rings is 1. The van der Waals surface area contributed by atoms with Crippen LogP contribution in [0.4, 0.5) is 0 Å². The Morgan fingerprint density at radius 1 is 1.21 bits per heavy atom. The van der Waals surface area contributed by atoms with E-state index < -0.39 is 23.8 Å². The standard InChI is InChI=1S/C12H14N2O4S/c13-9(15)6-19-7-10(16)14-11(12(17)18)8-4-2-1-3-5-8/h1-5,11H,6-7H2,(H2,13,15)(H,14,16)(H,17,18)/t11-/m1/s1. The molecule has 1 atom stereocenters. The van der Waals surface area contributed by atoms with Crippen LogP contribution < -0.4 is 11.1 Å². The van der Waals surface area contributed by atoms with Crippen molar-refractivity contribution in [3.05, 3.63) is 35.9 Å². The number of amides is 2. The first-order valence-electron chi connectivity index (χ1n) is 5.44. The predicted octanol–water partition coefficient (Wildman–Crippen LogP) is 0.147. The van der Waals surface area contributed by atoms with Gasteiger partial charge in [-0.3, -0.25) is 9.59 Å². The summed E-state index contributed by atoms with van der Waals surface area (Å²) < 4.78 is 0. The molecule has 1 rings (SSSR count). The largest absolute Gasteiger partial charge is 0.479 e. The molecular weight excluding hydrogens is 268 g/mol. The van der Waals surface area contributed by atoms with Crippen molar-refractivity contribution in [1.29, 1.82) is 0 Å². The Kier molecular flexibility index (Phi) is 5.87. The van der Waals surface area contributed by atoms with Gasteiger partial charge in [0.2, 0.25) is 11.8 Å². The summed E-state index contributed by atoms with van der Waals surface area (Å²) in [5, 5.41) is 11.5. The van der Waals surface area contributed by atoms with Gasteiger partial charge in [0.25, 0.3) is 0 Å². The SMILES string of the molecule is NC(=O)CSCC(=O)N[C@@H](C(=O)O)c1ccccc1. The number of carbonyl (C=O) groups is 3. The van der Waals surface area contributed by atoms with Gasteiger partial charge in [-0.1, -0.05) is 30.3 Å². The molecule has 19 heavy (non-hydrogen) atoms. The number of carboxylic acids is 1. The molecule has 0 spiro atoms. The molecule has 7 heteroatoms. The van der Waals surface area contributed by atoms with Gasteiger partial charge in [0, 0.05) is 0 Å². The minimum absolute atomic E-state index is 0.0143. The van der Waals surface area contributed by atoms with Crippen LogP contribution in [0.3, 0.4) is 0 Å². The zero-order valence-corrected chi connectivity index (χ0v) is 10.9. The minimum Gasteiger partial charge on any atom is -0.479 e. The molecule has 102 valence electrons. The average molecular weight is 282 g/mol. The van der Waals surface area contributed by atoms with Crippen LogP contribution in [0.15, 0.2) is 30.3 Å². The quantitative estimate of drug-likeness (QED) is 0.659. The fourth-order valence-corrected chi connectivity index (χ4v) is 1.95. The highest BCUT2D eigenvalue weighted by molar-refractivity contribution is 8.00. The summed E-state index contributed by atoms with van der Waals surface area (Å²) in [5.41, 5.74) is 5.42. The first-order chi connectivity index (χ1) is 9.00. The molecule has 0 heterocycles. The van der Waals surface area contributed by atoms with E-state index >= 15 is 0 Å². The van der Waals surface area contributed by atoms with Gasteiger partial charge in [0.1, 0.15) is 0 Å². The molecule has 1 aromatic rings. The van der Waals surface area contributed by atoms with Crippen molar-refractivity contribution in [2.45, 2.75) is 6.04 Å². The maximum absolute atomic E-state index is 11.6. The van der Waals surface area contributed by atoms with Crippen LogP contribution in [0.1, 0.15) is 11.6 Å². The summed E-state index contributed by atoms with van der Waals surface area (Å²) in [6.45, 7) is 0. The van der Waals surface area contributed by atoms with E-state index in [4.69, 9.17) is 10.8 Å². The van der Waals surface area contributed by atoms with E-state index in [0.29, 0.717) is 5.56 Å². The Bertz CT molecular complexity index is 464. The average Bonchev–Trinajstić information content (AvgIpc) is 2.36. The maximum Gasteiger partial charge on any atom is 0.330 e. The molecule has 2 amide bonds. The van der Waals surface area contributed by atoms with Crippen molar-refractivity contribution >= 4 is 29.5 Å². The smallest absolute Gasteiger partial charge is 0.330 e. The number of aliphatic carboxylic acids is 1. The van der Waals surface area contributed by atoms with Crippen LogP contribution in [0.2, 0.25) is 0 Å². The molecule has 0 radical (unpaired) electrons. The Labute approximate surface area is 114 Å². The maximum atomic E-state index is 11.6. The topological polar surface area (TPSA) is 109 Å². The first kappa shape index (κ1) is 15.0. The number of carbonyl (C=O) groups excluding carboxylic acids is 2. The van der Waals surface area contributed by atoms with E-state index in [9.17, 15) is 14.4 Å². The Morgan fingerprint density at radius 3 is 2.37 bits per heavy atom. The van der Waals surface area contributed by atoms with Crippen LogP contribution in [0, 0.1) is 0 Å². The van der Waals surface area contributed by atoms with Crippen LogP contribution in [0.5, 0.6) is 0 Å². The zero-order valence-electron chi connectivity index (χ0n) is 10.0. The van der Waals surface area contributed by atoms with Crippen LogP contribution in [-0.4, -0.2) is 34.4 Å². The number of primary amides is 1. The summed E-state index contributed by atoms with van der Waals surface area (Å²) in [7, 11) is 0. The van der Waals surface area contributed by atoms with Crippen molar-refractivity contribution in [1.82, 2.24) is 5.32 Å². The number of thioether (sulfide) groups is 1. The van der Waals surface area contributed by atoms with Gasteiger partial charge in [0.15, 0.2) is 6.04 Å². The highest BCUT2D eigenvalue weighted by Gasteiger charge is 2.21. The van der Waals surface area contributed by atoms with Crippen molar-refractivity contribution in [3.8, 4) is 0 Å². The van der Waals surface area contributed by atoms with Gasteiger partial charge in [-0.25, -0.2) is 4.79 Å². The molecule has 0 unspecified atom stereocenters. The lowest BCUT2D eigenvalue weighted by molar-refractivity contribution is -0.141. The van der Waals surface area contributed by atoms with E-state index in [1.807, 2.05) is 0 Å². The molecule has 0 aliphatic heterocycles. The van der Waals surface area contributed by atoms with Gasteiger partial charge in [-0.15, -0.1) is 11.8 Å². The van der Waals surface area contributed by atoms with E-state index in [-0.39, 0.29) is 11.5 Å². The van der Waals surface area contributed by atoms with Gasteiger partial charge in [-0.05, 0) is 5.56 Å². The molecule has 0 aromatic heterocycles. The predicted molar refractivity (Wildman–Crippen MR) is 71.5 cm³/mol. The highest BCUT2D eigenvalue weighted by atomic mass is 32.2. The second-order valence-electron chi connectivity index (χ2n) is 3.71. The number of hydrogen-bond acceptors (Lipinski definition) is 4. The number of rotatable bonds is 7. The molecule has 0 fully saturated rings. The third-order valence-corrected chi connectivity index (χ3v) is 3.12. The second-order valence-corrected chi connectivity index (χ2v) is 4.69. The van der Waals surface area contributed by atoms with Gasteiger partial charge in [0.05, 0.1) is 11.5 Å². The van der Waals surface area contributed by atoms with E-state index in [0.717, 1.165) is 11.8 Å². The minimum atomic E-state index is -1.14. The van der Waals surface area contributed by atoms with Gasteiger partial charge < -0.3 is 16.2 Å².